The minimum atomic E-state index is -0.127. The molecule has 0 spiro atoms. The zero-order valence-electron chi connectivity index (χ0n) is 11.4. The summed E-state index contributed by atoms with van der Waals surface area (Å²) in [5.41, 5.74) is 6.02. The SMILES string of the molecule is Nc1ccc(=O)n(CCn2ccc3ccccc3c2=O)c1. The second kappa shape index (κ2) is 5.28. The molecule has 0 bridgehead atoms. The van der Waals surface area contributed by atoms with Gasteiger partial charge in [0.2, 0.25) is 0 Å². The summed E-state index contributed by atoms with van der Waals surface area (Å²) in [6.07, 6.45) is 3.34. The monoisotopic (exact) mass is 281 g/mol. The normalized spacial score (nSPS) is 10.9. The Morgan fingerprint density at radius 3 is 2.52 bits per heavy atom. The van der Waals surface area contributed by atoms with Crippen molar-refractivity contribution >= 4 is 16.5 Å². The smallest absolute Gasteiger partial charge is 0.258 e. The third kappa shape index (κ3) is 2.58. The van der Waals surface area contributed by atoms with Crippen LogP contribution in [0.1, 0.15) is 0 Å². The number of nitrogen functional groups attached to an aromatic ring is 1. The first-order chi connectivity index (χ1) is 10.1. The van der Waals surface area contributed by atoms with Crippen molar-refractivity contribution in [2.75, 3.05) is 5.73 Å². The number of aryl methyl sites for hydroxylation is 2. The van der Waals surface area contributed by atoms with Crippen LogP contribution in [0.5, 0.6) is 0 Å². The standard InChI is InChI=1S/C16H15N3O2/c17-13-5-6-15(20)19(11-13)10-9-18-8-7-12-3-1-2-4-14(12)16(18)21/h1-8,11H,9-10,17H2. The van der Waals surface area contributed by atoms with Gasteiger partial charge < -0.3 is 14.9 Å². The summed E-state index contributed by atoms with van der Waals surface area (Å²) in [6, 6.07) is 12.4. The van der Waals surface area contributed by atoms with Crippen molar-refractivity contribution in [3.8, 4) is 0 Å². The van der Waals surface area contributed by atoms with Crippen molar-refractivity contribution in [3.63, 3.8) is 0 Å². The molecule has 2 N–H and O–H groups in total. The number of nitrogens with zero attached hydrogens (tertiary/aromatic N) is 2. The molecule has 0 fully saturated rings. The number of pyridine rings is 2. The number of fused-ring (bicyclic) bond motifs is 1. The Balaban J connectivity index is 1.92. The molecule has 0 amide bonds. The fourth-order valence-corrected chi connectivity index (χ4v) is 2.35. The van der Waals surface area contributed by atoms with Gasteiger partial charge >= 0.3 is 0 Å². The number of hydrogen-bond acceptors (Lipinski definition) is 3. The van der Waals surface area contributed by atoms with E-state index in [9.17, 15) is 9.59 Å². The van der Waals surface area contributed by atoms with Crippen LogP contribution in [0.2, 0.25) is 0 Å². The molecule has 0 unspecified atom stereocenters. The molecule has 0 aliphatic carbocycles. The van der Waals surface area contributed by atoms with Gasteiger partial charge in [0, 0.05) is 42.6 Å². The highest BCUT2D eigenvalue weighted by Gasteiger charge is 2.03. The van der Waals surface area contributed by atoms with Gasteiger partial charge in [-0.3, -0.25) is 9.59 Å². The molecule has 5 heteroatoms. The van der Waals surface area contributed by atoms with Crippen molar-refractivity contribution in [1.29, 1.82) is 0 Å². The largest absolute Gasteiger partial charge is 0.398 e. The van der Waals surface area contributed by atoms with E-state index >= 15 is 0 Å². The molecule has 0 saturated heterocycles. The summed E-state index contributed by atoms with van der Waals surface area (Å²) in [6.45, 7) is 0.829. The maximum Gasteiger partial charge on any atom is 0.258 e. The molecule has 0 aliphatic heterocycles. The zero-order valence-corrected chi connectivity index (χ0v) is 11.4. The topological polar surface area (TPSA) is 70.0 Å². The van der Waals surface area contributed by atoms with Crippen LogP contribution in [0.4, 0.5) is 5.69 Å². The van der Waals surface area contributed by atoms with E-state index in [1.165, 1.54) is 10.6 Å². The second-order valence-corrected chi connectivity index (χ2v) is 4.90. The number of anilines is 1. The first kappa shape index (κ1) is 13.2. The van der Waals surface area contributed by atoms with Crippen molar-refractivity contribution < 1.29 is 0 Å². The fourth-order valence-electron chi connectivity index (χ4n) is 2.35. The van der Waals surface area contributed by atoms with Gasteiger partial charge in [0.05, 0.1) is 0 Å². The van der Waals surface area contributed by atoms with Crippen LogP contribution in [0.3, 0.4) is 0 Å². The van der Waals surface area contributed by atoms with Gasteiger partial charge in [-0.2, -0.15) is 0 Å². The summed E-state index contributed by atoms with van der Waals surface area (Å²) in [5.74, 6) is 0. The van der Waals surface area contributed by atoms with Crippen LogP contribution in [0, 0.1) is 0 Å². The highest BCUT2D eigenvalue weighted by Crippen LogP contribution is 2.08. The summed E-state index contributed by atoms with van der Waals surface area (Å²) >= 11 is 0. The Morgan fingerprint density at radius 2 is 1.67 bits per heavy atom. The predicted octanol–water partition coefficient (Wildman–Crippen LogP) is 1.45. The quantitative estimate of drug-likeness (QED) is 0.790. The first-order valence-electron chi connectivity index (χ1n) is 6.69. The van der Waals surface area contributed by atoms with Crippen molar-refractivity contribution in [2.24, 2.45) is 0 Å². The molecule has 0 aliphatic rings. The molecular weight excluding hydrogens is 266 g/mol. The Morgan fingerprint density at radius 1 is 0.905 bits per heavy atom. The summed E-state index contributed by atoms with van der Waals surface area (Å²) < 4.78 is 3.12. The van der Waals surface area contributed by atoms with Crippen LogP contribution in [0.15, 0.2) is 64.4 Å². The maximum atomic E-state index is 12.4. The van der Waals surface area contributed by atoms with E-state index in [1.807, 2.05) is 24.3 Å². The second-order valence-electron chi connectivity index (χ2n) is 4.90. The van der Waals surface area contributed by atoms with Gasteiger partial charge in [-0.15, -0.1) is 0 Å². The molecule has 106 valence electrons. The minimum absolute atomic E-state index is 0.0509. The van der Waals surface area contributed by atoms with E-state index in [1.54, 1.807) is 29.1 Å². The van der Waals surface area contributed by atoms with Crippen LogP contribution in [-0.2, 0) is 13.1 Å². The Labute approximate surface area is 120 Å². The van der Waals surface area contributed by atoms with Crippen LogP contribution in [-0.4, -0.2) is 9.13 Å². The van der Waals surface area contributed by atoms with Crippen molar-refractivity contribution in [3.05, 3.63) is 75.6 Å². The van der Waals surface area contributed by atoms with Crippen molar-refractivity contribution in [2.45, 2.75) is 13.1 Å². The summed E-state index contributed by atoms with van der Waals surface area (Å²) in [5, 5.41) is 1.60. The van der Waals surface area contributed by atoms with Gasteiger partial charge in [-0.05, 0) is 23.6 Å². The van der Waals surface area contributed by atoms with E-state index in [0.717, 1.165) is 5.39 Å². The van der Waals surface area contributed by atoms with Gasteiger partial charge in [0.25, 0.3) is 11.1 Å². The Bertz CT molecular complexity index is 909. The Kier molecular flexibility index (Phi) is 3.31. The highest BCUT2D eigenvalue weighted by molar-refractivity contribution is 5.81. The summed E-state index contributed by atoms with van der Waals surface area (Å²) in [4.78, 5) is 24.1. The van der Waals surface area contributed by atoms with Crippen molar-refractivity contribution in [1.82, 2.24) is 9.13 Å². The number of benzene rings is 1. The average molecular weight is 281 g/mol. The molecule has 2 heterocycles. The van der Waals surface area contributed by atoms with Gasteiger partial charge in [-0.25, -0.2) is 0 Å². The average Bonchev–Trinajstić information content (AvgIpc) is 2.50. The molecule has 21 heavy (non-hydrogen) atoms. The molecular formula is C16H15N3O2. The molecule has 3 rings (SSSR count). The number of aromatic nitrogens is 2. The number of nitrogens with two attached hydrogens (primary N) is 1. The molecule has 2 aromatic heterocycles. The van der Waals surface area contributed by atoms with Gasteiger partial charge in [0.15, 0.2) is 0 Å². The van der Waals surface area contributed by atoms with Crippen LogP contribution in [0.25, 0.3) is 10.8 Å². The third-order valence-electron chi connectivity index (χ3n) is 3.47. The van der Waals surface area contributed by atoms with E-state index in [4.69, 9.17) is 5.73 Å². The van der Waals surface area contributed by atoms with E-state index < -0.39 is 0 Å². The minimum Gasteiger partial charge on any atom is -0.398 e. The summed E-state index contributed by atoms with van der Waals surface area (Å²) in [7, 11) is 0. The number of hydrogen-bond donors (Lipinski definition) is 1. The molecule has 0 saturated carbocycles. The molecule has 0 atom stereocenters. The lowest BCUT2D eigenvalue weighted by molar-refractivity contribution is 0.556. The lowest BCUT2D eigenvalue weighted by Gasteiger charge is -2.09. The molecule has 0 radical (unpaired) electrons. The number of rotatable bonds is 3. The van der Waals surface area contributed by atoms with Crippen LogP contribution >= 0.6 is 0 Å². The molecule has 3 aromatic rings. The van der Waals surface area contributed by atoms with Gasteiger partial charge in [0.1, 0.15) is 0 Å². The molecule has 1 aromatic carbocycles. The lowest BCUT2D eigenvalue weighted by Crippen LogP contribution is -2.26. The maximum absolute atomic E-state index is 12.4. The van der Waals surface area contributed by atoms with Crippen LogP contribution < -0.4 is 16.9 Å². The fraction of sp³-hybridized carbons (Fsp3) is 0.125. The van der Waals surface area contributed by atoms with E-state index in [0.29, 0.717) is 24.2 Å². The van der Waals surface area contributed by atoms with E-state index in [2.05, 4.69) is 0 Å². The third-order valence-corrected chi connectivity index (χ3v) is 3.47. The van der Waals surface area contributed by atoms with Gasteiger partial charge in [-0.1, -0.05) is 18.2 Å². The lowest BCUT2D eigenvalue weighted by atomic mass is 10.2. The highest BCUT2D eigenvalue weighted by atomic mass is 16.1. The zero-order chi connectivity index (χ0) is 14.8. The predicted molar refractivity (Wildman–Crippen MR) is 83.3 cm³/mol. The van der Waals surface area contributed by atoms with E-state index in [-0.39, 0.29) is 11.1 Å². The Hall–Kier alpha value is -2.82. The first-order valence-corrected chi connectivity index (χ1v) is 6.69. The molecule has 5 nitrogen and oxygen atoms in total.